The second-order valence-corrected chi connectivity index (χ2v) is 6.46. The number of aromatic nitrogens is 1. The Morgan fingerprint density at radius 3 is 2.74 bits per heavy atom. The Balaban J connectivity index is 1.89. The summed E-state index contributed by atoms with van der Waals surface area (Å²) in [6.07, 6.45) is 6.09. The molecule has 3 heterocycles. The molecule has 0 aliphatic carbocycles. The van der Waals surface area contributed by atoms with Gasteiger partial charge < -0.3 is 14.2 Å². The van der Waals surface area contributed by atoms with Crippen molar-refractivity contribution in [3.05, 3.63) is 42.1 Å². The van der Waals surface area contributed by atoms with Crippen LogP contribution in [0.25, 0.3) is 27.8 Å². The topological polar surface area (TPSA) is 40.6 Å². The van der Waals surface area contributed by atoms with Crippen LogP contribution in [-0.4, -0.2) is 17.4 Å². The molecule has 0 N–H and O–H groups in total. The van der Waals surface area contributed by atoms with Gasteiger partial charge in [-0.05, 0) is 49.6 Å². The van der Waals surface area contributed by atoms with Crippen LogP contribution in [0.2, 0.25) is 0 Å². The first kappa shape index (κ1) is 12.8. The summed E-state index contributed by atoms with van der Waals surface area (Å²) < 4.78 is 17.1. The lowest BCUT2D eigenvalue weighted by molar-refractivity contribution is 0.159. The standard InChI is InChI=1S/C19H15NO3/c1-19(2)6-5-12-15(23-19)4-3-14-18(12)13-8-17-16(21-10-22-17)7-11(13)9-20-14/h3-9H,10H2,1-2H3. The zero-order chi connectivity index (χ0) is 15.6. The zero-order valence-corrected chi connectivity index (χ0v) is 12.9. The number of benzene rings is 2. The number of nitrogens with zero attached hydrogens (tertiary/aromatic N) is 1. The predicted molar refractivity (Wildman–Crippen MR) is 89.1 cm³/mol. The molecule has 0 fully saturated rings. The van der Waals surface area contributed by atoms with Gasteiger partial charge in [-0.1, -0.05) is 6.08 Å². The Morgan fingerprint density at radius 2 is 1.87 bits per heavy atom. The van der Waals surface area contributed by atoms with E-state index in [9.17, 15) is 0 Å². The van der Waals surface area contributed by atoms with Gasteiger partial charge in [0.05, 0.1) is 5.52 Å². The molecule has 5 rings (SSSR count). The normalized spacial score (nSPS) is 17.3. The summed E-state index contributed by atoms with van der Waals surface area (Å²) >= 11 is 0. The fourth-order valence-electron chi connectivity index (χ4n) is 3.26. The van der Waals surface area contributed by atoms with Crippen molar-refractivity contribution in [3.8, 4) is 17.2 Å². The van der Waals surface area contributed by atoms with E-state index in [0.29, 0.717) is 0 Å². The highest BCUT2D eigenvalue weighted by Gasteiger charge is 2.24. The molecule has 3 aromatic rings. The number of pyridine rings is 1. The highest BCUT2D eigenvalue weighted by Crippen LogP contribution is 2.42. The third-order valence-corrected chi connectivity index (χ3v) is 4.36. The highest BCUT2D eigenvalue weighted by atomic mass is 16.7. The van der Waals surface area contributed by atoms with Crippen LogP contribution in [0.5, 0.6) is 17.2 Å². The van der Waals surface area contributed by atoms with Crippen LogP contribution in [0.4, 0.5) is 0 Å². The van der Waals surface area contributed by atoms with Gasteiger partial charge in [0.25, 0.3) is 0 Å². The Hall–Kier alpha value is -2.75. The SMILES string of the molecule is CC1(C)C=Cc2c(ccc3ncc4cc5c(cc4c23)OCO5)O1. The van der Waals surface area contributed by atoms with Gasteiger partial charge >= 0.3 is 0 Å². The van der Waals surface area contributed by atoms with Crippen LogP contribution >= 0.6 is 0 Å². The number of rotatable bonds is 0. The smallest absolute Gasteiger partial charge is 0.231 e. The minimum absolute atomic E-state index is 0.270. The van der Waals surface area contributed by atoms with E-state index in [0.717, 1.165) is 44.5 Å². The van der Waals surface area contributed by atoms with E-state index in [1.54, 1.807) is 0 Å². The Bertz CT molecular complexity index is 1000. The molecule has 2 aromatic carbocycles. The molecule has 114 valence electrons. The fraction of sp³-hybridized carbons (Fsp3) is 0.211. The maximum Gasteiger partial charge on any atom is 0.231 e. The van der Waals surface area contributed by atoms with E-state index in [4.69, 9.17) is 14.2 Å². The molecule has 4 heteroatoms. The highest BCUT2D eigenvalue weighted by molar-refractivity contribution is 6.11. The quantitative estimate of drug-likeness (QED) is 0.581. The van der Waals surface area contributed by atoms with Crippen molar-refractivity contribution < 1.29 is 14.2 Å². The monoisotopic (exact) mass is 305 g/mol. The van der Waals surface area contributed by atoms with E-state index in [2.05, 4.69) is 31.0 Å². The van der Waals surface area contributed by atoms with Gasteiger partial charge in [0.1, 0.15) is 11.4 Å². The maximum absolute atomic E-state index is 6.10. The Labute approximate surface area is 133 Å². The van der Waals surface area contributed by atoms with Crippen LogP contribution in [0.15, 0.2) is 36.5 Å². The lowest BCUT2D eigenvalue weighted by Crippen LogP contribution is -2.27. The second-order valence-electron chi connectivity index (χ2n) is 6.46. The van der Waals surface area contributed by atoms with E-state index >= 15 is 0 Å². The molecule has 0 saturated carbocycles. The summed E-state index contributed by atoms with van der Waals surface area (Å²) in [6.45, 7) is 4.37. The van der Waals surface area contributed by atoms with Crippen molar-refractivity contribution in [1.82, 2.24) is 4.98 Å². The molecule has 0 unspecified atom stereocenters. The fourth-order valence-corrected chi connectivity index (χ4v) is 3.26. The van der Waals surface area contributed by atoms with Gasteiger partial charge in [0, 0.05) is 22.5 Å². The van der Waals surface area contributed by atoms with E-state index in [1.165, 1.54) is 0 Å². The van der Waals surface area contributed by atoms with Crippen molar-refractivity contribution in [2.45, 2.75) is 19.4 Å². The number of hydrogen-bond donors (Lipinski definition) is 0. The van der Waals surface area contributed by atoms with Gasteiger partial charge in [-0.15, -0.1) is 0 Å². The molecule has 0 atom stereocenters. The maximum atomic E-state index is 6.10. The number of ether oxygens (including phenoxy) is 3. The van der Waals surface area contributed by atoms with Crippen molar-refractivity contribution >= 4 is 27.8 Å². The molecule has 0 amide bonds. The lowest BCUT2D eigenvalue weighted by atomic mass is 9.96. The minimum Gasteiger partial charge on any atom is -0.483 e. The third-order valence-electron chi connectivity index (χ3n) is 4.36. The second kappa shape index (κ2) is 4.16. The summed E-state index contributed by atoms with van der Waals surface area (Å²) in [5, 5.41) is 3.22. The van der Waals surface area contributed by atoms with E-state index in [1.807, 2.05) is 30.5 Å². The average Bonchev–Trinajstić information content (AvgIpc) is 2.98. The molecule has 1 aromatic heterocycles. The van der Waals surface area contributed by atoms with Gasteiger partial charge in [-0.3, -0.25) is 4.98 Å². The first-order valence-electron chi connectivity index (χ1n) is 7.64. The third kappa shape index (κ3) is 1.81. The molecule has 2 aliphatic rings. The van der Waals surface area contributed by atoms with Crippen LogP contribution in [0, 0.1) is 0 Å². The Morgan fingerprint density at radius 1 is 1.04 bits per heavy atom. The van der Waals surface area contributed by atoms with E-state index in [-0.39, 0.29) is 12.4 Å². The molecule has 23 heavy (non-hydrogen) atoms. The van der Waals surface area contributed by atoms with Crippen molar-refractivity contribution in [1.29, 1.82) is 0 Å². The molecule has 0 spiro atoms. The van der Waals surface area contributed by atoms with Crippen LogP contribution in [-0.2, 0) is 0 Å². The van der Waals surface area contributed by atoms with Gasteiger partial charge in [0.15, 0.2) is 11.5 Å². The van der Waals surface area contributed by atoms with Gasteiger partial charge in [-0.25, -0.2) is 0 Å². The molecule has 0 bridgehead atoms. The van der Waals surface area contributed by atoms with Crippen LogP contribution in [0.3, 0.4) is 0 Å². The molecule has 4 nitrogen and oxygen atoms in total. The average molecular weight is 305 g/mol. The van der Waals surface area contributed by atoms with Crippen LogP contribution in [0.1, 0.15) is 19.4 Å². The molecular weight excluding hydrogens is 290 g/mol. The molecule has 2 aliphatic heterocycles. The van der Waals surface area contributed by atoms with Crippen LogP contribution < -0.4 is 14.2 Å². The summed E-state index contributed by atoms with van der Waals surface area (Å²) in [7, 11) is 0. The number of hydrogen-bond acceptors (Lipinski definition) is 4. The summed E-state index contributed by atoms with van der Waals surface area (Å²) in [5.41, 5.74) is 1.72. The summed E-state index contributed by atoms with van der Waals surface area (Å²) in [6, 6.07) is 8.03. The van der Waals surface area contributed by atoms with Gasteiger partial charge in [-0.2, -0.15) is 0 Å². The summed E-state index contributed by atoms with van der Waals surface area (Å²) in [4.78, 5) is 4.59. The Kier molecular flexibility index (Phi) is 2.31. The largest absolute Gasteiger partial charge is 0.483 e. The molecule has 0 saturated heterocycles. The van der Waals surface area contributed by atoms with Crippen molar-refractivity contribution in [3.63, 3.8) is 0 Å². The minimum atomic E-state index is -0.295. The van der Waals surface area contributed by atoms with Crippen molar-refractivity contribution in [2.24, 2.45) is 0 Å². The molecular formula is C19H15NO3. The number of fused-ring (bicyclic) bond motifs is 6. The first-order valence-corrected chi connectivity index (χ1v) is 7.64. The van der Waals surface area contributed by atoms with Crippen molar-refractivity contribution in [2.75, 3.05) is 6.79 Å². The predicted octanol–water partition coefficient (Wildman–Crippen LogP) is 4.30. The zero-order valence-electron chi connectivity index (χ0n) is 12.9. The molecule has 0 radical (unpaired) electrons. The first-order chi connectivity index (χ1) is 11.1. The lowest BCUT2D eigenvalue weighted by Gasteiger charge is -2.28. The van der Waals surface area contributed by atoms with Gasteiger partial charge in [0.2, 0.25) is 6.79 Å². The van der Waals surface area contributed by atoms with E-state index < -0.39 is 0 Å². The summed E-state index contributed by atoms with van der Waals surface area (Å²) in [5.74, 6) is 2.44.